The summed E-state index contributed by atoms with van der Waals surface area (Å²) >= 11 is 1.22. The molecule has 0 spiro atoms. The summed E-state index contributed by atoms with van der Waals surface area (Å²) < 4.78 is 0. The normalized spacial score (nSPS) is 12.4. The van der Waals surface area contributed by atoms with E-state index in [-0.39, 0.29) is 12.3 Å². The van der Waals surface area contributed by atoms with Gasteiger partial charge in [-0.3, -0.25) is 10.1 Å². The van der Waals surface area contributed by atoms with Crippen molar-refractivity contribution < 1.29 is 15.1 Å². The van der Waals surface area contributed by atoms with Gasteiger partial charge in [0.1, 0.15) is 0 Å². The summed E-state index contributed by atoms with van der Waals surface area (Å²) in [5, 5.41) is 28.8. The summed E-state index contributed by atoms with van der Waals surface area (Å²) in [7, 11) is 0. The van der Waals surface area contributed by atoms with Gasteiger partial charge in [0, 0.05) is 11.8 Å². The fourth-order valence-corrected chi connectivity index (χ4v) is 1.97. The molecular weight excluding hydrogens is 230 g/mol. The van der Waals surface area contributed by atoms with Crippen LogP contribution in [0.2, 0.25) is 0 Å². The van der Waals surface area contributed by atoms with Crippen molar-refractivity contribution >= 4 is 17.4 Å². The highest BCUT2D eigenvalue weighted by molar-refractivity contribution is 7.99. The van der Waals surface area contributed by atoms with Crippen LogP contribution < -0.4 is 0 Å². The van der Waals surface area contributed by atoms with E-state index in [9.17, 15) is 15.2 Å². The molecule has 0 aliphatic heterocycles. The summed E-state index contributed by atoms with van der Waals surface area (Å²) in [5.74, 6) is 0.412. The monoisotopic (exact) mass is 243 g/mol. The van der Waals surface area contributed by atoms with Gasteiger partial charge in [-0.15, -0.1) is 11.8 Å². The first-order valence-corrected chi connectivity index (χ1v) is 5.75. The average Bonchev–Trinajstić information content (AvgIpc) is 2.25. The van der Waals surface area contributed by atoms with Crippen LogP contribution >= 0.6 is 11.8 Å². The van der Waals surface area contributed by atoms with E-state index < -0.39 is 11.0 Å². The molecule has 0 bridgehead atoms. The summed E-state index contributed by atoms with van der Waals surface area (Å²) in [5.41, 5.74) is 0.483. The predicted molar refractivity (Wildman–Crippen MR) is 61.5 cm³/mol. The Bertz CT molecular complexity index is 381. The second kappa shape index (κ2) is 5.83. The lowest BCUT2D eigenvalue weighted by Crippen LogP contribution is -1.97. The van der Waals surface area contributed by atoms with Crippen molar-refractivity contribution in [3.05, 3.63) is 33.9 Å². The first-order chi connectivity index (χ1) is 7.56. The molecule has 0 unspecified atom stereocenters. The molecule has 0 saturated carbocycles. The molecule has 0 radical (unpaired) electrons. The fraction of sp³-hybridized carbons (Fsp3) is 0.400. The molecule has 0 heterocycles. The Labute approximate surface area is 97.3 Å². The summed E-state index contributed by atoms with van der Waals surface area (Å²) in [6, 6.07) is 4.61. The molecule has 5 nitrogen and oxygen atoms in total. The Morgan fingerprint density at radius 2 is 2.25 bits per heavy atom. The van der Waals surface area contributed by atoms with Gasteiger partial charge in [0.25, 0.3) is 5.69 Å². The quantitative estimate of drug-likeness (QED) is 0.467. The Morgan fingerprint density at radius 1 is 1.56 bits per heavy atom. The highest BCUT2D eigenvalue weighted by atomic mass is 32.2. The van der Waals surface area contributed by atoms with E-state index in [4.69, 9.17) is 5.11 Å². The van der Waals surface area contributed by atoms with Crippen LogP contribution in [0.5, 0.6) is 0 Å². The molecule has 2 N–H and O–H groups in total. The second-order valence-corrected chi connectivity index (χ2v) is 4.37. The SMILES string of the molecule is C[C@H](O)c1ccc(SCCO)c([N+](=O)[O-])c1. The zero-order valence-corrected chi connectivity index (χ0v) is 9.61. The first kappa shape index (κ1) is 13.0. The fourth-order valence-electron chi connectivity index (χ4n) is 1.21. The van der Waals surface area contributed by atoms with Crippen LogP contribution in [0.25, 0.3) is 0 Å². The average molecular weight is 243 g/mol. The van der Waals surface area contributed by atoms with Gasteiger partial charge in [-0.05, 0) is 18.6 Å². The standard InChI is InChI=1S/C10H13NO4S/c1-7(13)8-2-3-10(16-5-4-12)9(6-8)11(14)15/h2-3,6-7,12-13H,4-5H2,1H3/t7-/m0/s1. The topological polar surface area (TPSA) is 83.6 Å². The maximum Gasteiger partial charge on any atom is 0.283 e. The third kappa shape index (κ3) is 3.19. The van der Waals surface area contributed by atoms with E-state index in [1.54, 1.807) is 19.1 Å². The van der Waals surface area contributed by atoms with Crippen LogP contribution in [0.3, 0.4) is 0 Å². The number of aliphatic hydroxyl groups is 2. The van der Waals surface area contributed by atoms with Crippen molar-refractivity contribution in [3.8, 4) is 0 Å². The summed E-state index contributed by atoms with van der Waals surface area (Å²) in [6.07, 6.45) is -0.726. The van der Waals surface area contributed by atoms with Crippen LogP contribution in [0.4, 0.5) is 5.69 Å². The maximum atomic E-state index is 10.8. The third-order valence-corrected chi connectivity index (χ3v) is 3.05. The molecule has 1 atom stereocenters. The minimum Gasteiger partial charge on any atom is -0.396 e. The number of rotatable bonds is 5. The number of aliphatic hydroxyl groups excluding tert-OH is 2. The van der Waals surface area contributed by atoms with Gasteiger partial charge in [0.2, 0.25) is 0 Å². The van der Waals surface area contributed by atoms with Crippen molar-refractivity contribution in [2.75, 3.05) is 12.4 Å². The van der Waals surface area contributed by atoms with Crippen molar-refractivity contribution in [3.63, 3.8) is 0 Å². The highest BCUT2D eigenvalue weighted by Crippen LogP contribution is 2.31. The van der Waals surface area contributed by atoms with Gasteiger partial charge in [0.05, 0.1) is 22.5 Å². The molecule has 6 heteroatoms. The van der Waals surface area contributed by atoms with Gasteiger partial charge in [0.15, 0.2) is 0 Å². The first-order valence-electron chi connectivity index (χ1n) is 4.76. The molecule has 16 heavy (non-hydrogen) atoms. The van der Waals surface area contributed by atoms with E-state index in [0.717, 1.165) is 0 Å². The molecule has 1 aromatic rings. The number of nitro benzene ring substituents is 1. The predicted octanol–water partition coefficient (Wildman–Crippen LogP) is 1.73. The Morgan fingerprint density at radius 3 is 2.75 bits per heavy atom. The zero-order chi connectivity index (χ0) is 12.1. The molecule has 88 valence electrons. The number of thioether (sulfide) groups is 1. The molecule has 1 rings (SSSR count). The molecule has 0 aliphatic carbocycles. The van der Waals surface area contributed by atoms with Crippen LogP contribution in [-0.2, 0) is 0 Å². The summed E-state index contributed by atoms with van der Waals surface area (Å²) in [6.45, 7) is 1.53. The lowest BCUT2D eigenvalue weighted by Gasteiger charge is -2.07. The van der Waals surface area contributed by atoms with Gasteiger partial charge in [-0.25, -0.2) is 0 Å². The number of nitro groups is 1. The zero-order valence-electron chi connectivity index (χ0n) is 8.79. The van der Waals surface area contributed by atoms with Crippen molar-refractivity contribution in [1.29, 1.82) is 0 Å². The molecule has 0 amide bonds. The van der Waals surface area contributed by atoms with Crippen LogP contribution in [-0.4, -0.2) is 27.5 Å². The molecule has 0 aromatic heterocycles. The van der Waals surface area contributed by atoms with Crippen LogP contribution in [0.1, 0.15) is 18.6 Å². The van der Waals surface area contributed by atoms with Gasteiger partial charge >= 0.3 is 0 Å². The molecule has 0 fully saturated rings. The van der Waals surface area contributed by atoms with Crippen LogP contribution in [0, 0.1) is 10.1 Å². The number of nitrogens with zero attached hydrogens (tertiary/aromatic N) is 1. The van der Waals surface area contributed by atoms with Crippen molar-refractivity contribution in [2.45, 2.75) is 17.9 Å². The third-order valence-electron chi connectivity index (χ3n) is 2.01. The van der Waals surface area contributed by atoms with E-state index in [0.29, 0.717) is 16.2 Å². The molecule has 1 aromatic carbocycles. The maximum absolute atomic E-state index is 10.8. The lowest BCUT2D eigenvalue weighted by molar-refractivity contribution is -0.387. The minimum absolute atomic E-state index is 0.0278. The van der Waals surface area contributed by atoms with E-state index in [2.05, 4.69) is 0 Å². The van der Waals surface area contributed by atoms with Crippen LogP contribution in [0.15, 0.2) is 23.1 Å². The number of hydrogen-bond acceptors (Lipinski definition) is 5. The van der Waals surface area contributed by atoms with Gasteiger partial charge in [-0.2, -0.15) is 0 Å². The van der Waals surface area contributed by atoms with E-state index >= 15 is 0 Å². The smallest absolute Gasteiger partial charge is 0.283 e. The largest absolute Gasteiger partial charge is 0.396 e. The van der Waals surface area contributed by atoms with Gasteiger partial charge < -0.3 is 10.2 Å². The van der Waals surface area contributed by atoms with Crippen molar-refractivity contribution in [2.24, 2.45) is 0 Å². The van der Waals surface area contributed by atoms with E-state index in [1.807, 2.05) is 0 Å². The number of benzene rings is 1. The summed E-state index contributed by atoms with van der Waals surface area (Å²) in [4.78, 5) is 10.8. The number of hydrogen-bond donors (Lipinski definition) is 2. The Hall–Kier alpha value is -1.11. The molecular formula is C10H13NO4S. The van der Waals surface area contributed by atoms with E-state index in [1.165, 1.54) is 17.8 Å². The second-order valence-electron chi connectivity index (χ2n) is 3.23. The molecule has 0 aliphatic rings. The Kier molecular flexibility index (Phi) is 4.72. The van der Waals surface area contributed by atoms with Crippen molar-refractivity contribution in [1.82, 2.24) is 0 Å². The Balaban J connectivity index is 3.04. The highest BCUT2D eigenvalue weighted by Gasteiger charge is 2.16. The van der Waals surface area contributed by atoms with Gasteiger partial charge in [-0.1, -0.05) is 6.07 Å². The lowest BCUT2D eigenvalue weighted by atomic mass is 10.1. The minimum atomic E-state index is -0.726. The molecule has 0 saturated heterocycles.